The average molecular weight is 1050 g/mol. The fourth-order valence-corrected chi connectivity index (χ4v) is 15.3. The fourth-order valence-electron chi connectivity index (χ4n) is 14.2. The van der Waals surface area contributed by atoms with Crippen LogP contribution < -0.4 is 0 Å². The van der Waals surface area contributed by atoms with E-state index in [9.17, 15) is 0 Å². The van der Waals surface area contributed by atoms with Gasteiger partial charge in [0, 0.05) is 58.6 Å². The van der Waals surface area contributed by atoms with E-state index in [1.165, 1.54) is 108 Å². The number of aromatic nitrogens is 4. The lowest BCUT2D eigenvalue weighted by Crippen LogP contribution is -2.25. The number of rotatable bonds is 6. The van der Waals surface area contributed by atoms with Crippen molar-refractivity contribution in [3.05, 3.63) is 289 Å². The Morgan fingerprint density at radius 1 is 0.272 bits per heavy atom. The van der Waals surface area contributed by atoms with E-state index in [1.54, 1.807) is 0 Å². The van der Waals surface area contributed by atoms with Gasteiger partial charge in [-0.25, -0.2) is 15.0 Å². The minimum Gasteiger partial charge on any atom is -0.307 e. The van der Waals surface area contributed by atoms with E-state index in [-0.39, 0.29) is 0 Å². The second-order valence-corrected chi connectivity index (χ2v) is 22.8. The summed E-state index contributed by atoms with van der Waals surface area (Å²) in [5.74, 6) is 1.83. The van der Waals surface area contributed by atoms with Gasteiger partial charge < -0.3 is 4.40 Å². The molecule has 0 fully saturated rings. The first kappa shape index (κ1) is 44.6. The minimum atomic E-state index is -0.515. The fraction of sp³-hybridized carbons (Fsp3) is 0.0132. The molecule has 0 bridgehead atoms. The van der Waals surface area contributed by atoms with E-state index >= 15 is 0 Å². The molecule has 0 radical (unpaired) electrons. The monoisotopic (exact) mass is 1040 g/mol. The summed E-state index contributed by atoms with van der Waals surface area (Å²) in [7, 11) is 0. The van der Waals surface area contributed by atoms with Gasteiger partial charge in [0.15, 0.2) is 17.5 Å². The lowest BCUT2D eigenvalue weighted by atomic mass is 9.70. The van der Waals surface area contributed by atoms with Crippen LogP contribution in [0.1, 0.15) is 22.3 Å². The number of benzene rings is 12. The maximum Gasteiger partial charge on any atom is 0.164 e. The third kappa shape index (κ3) is 6.26. The van der Waals surface area contributed by atoms with Crippen molar-refractivity contribution in [3.8, 4) is 89.8 Å². The summed E-state index contributed by atoms with van der Waals surface area (Å²) in [6, 6.07) is 97.8. The van der Waals surface area contributed by atoms with Crippen molar-refractivity contribution in [1.29, 1.82) is 0 Å². The van der Waals surface area contributed by atoms with Crippen molar-refractivity contribution in [3.63, 3.8) is 0 Å². The van der Waals surface area contributed by atoms with Crippen LogP contribution in [-0.4, -0.2) is 19.4 Å². The van der Waals surface area contributed by atoms with Gasteiger partial charge in [-0.15, -0.1) is 11.3 Å². The van der Waals surface area contributed by atoms with E-state index in [4.69, 9.17) is 15.0 Å². The van der Waals surface area contributed by atoms with E-state index in [0.717, 1.165) is 44.5 Å². The molecule has 18 rings (SSSR count). The molecule has 0 amide bonds. The summed E-state index contributed by atoms with van der Waals surface area (Å²) in [5, 5.41) is 7.73. The SMILES string of the molecule is c1ccc(-c2cc(-c3ccccc3)cc(-c3nc(-c4ccc(-c5cccc6c7ccc8sc9cccc%10c%11ccccc%11n(c56)c7c8c9%10)cc4)nc(-c4ccc5c(c4)C4(c6ccccc6-c6ccccc64)c4ccccc4-5)n3)c2)cc1. The molecular formula is C76H44N4S. The Morgan fingerprint density at radius 3 is 1.43 bits per heavy atom. The predicted octanol–water partition coefficient (Wildman–Crippen LogP) is 19.7. The lowest BCUT2D eigenvalue weighted by Gasteiger charge is -2.30. The predicted molar refractivity (Wildman–Crippen MR) is 336 cm³/mol. The first-order chi connectivity index (χ1) is 40.2. The first-order valence-electron chi connectivity index (χ1n) is 27.7. The molecule has 0 atom stereocenters. The highest BCUT2D eigenvalue weighted by atomic mass is 32.1. The van der Waals surface area contributed by atoms with Crippen LogP contribution in [0.4, 0.5) is 0 Å². The highest BCUT2D eigenvalue weighted by molar-refractivity contribution is 7.26. The van der Waals surface area contributed by atoms with Crippen molar-refractivity contribution in [2.24, 2.45) is 0 Å². The highest BCUT2D eigenvalue weighted by Crippen LogP contribution is 2.63. The number of thiophene rings is 1. The van der Waals surface area contributed by atoms with Crippen LogP contribution in [0.5, 0.6) is 0 Å². The molecule has 1 spiro atoms. The first-order valence-corrected chi connectivity index (χ1v) is 28.6. The molecule has 0 saturated carbocycles. The summed E-state index contributed by atoms with van der Waals surface area (Å²) in [6.07, 6.45) is 0. The lowest BCUT2D eigenvalue weighted by molar-refractivity contribution is 0.794. The number of hydrogen-bond acceptors (Lipinski definition) is 4. The molecule has 0 aliphatic heterocycles. The van der Waals surface area contributed by atoms with Crippen molar-refractivity contribution in [2.45, 2.75) is 5.41 Å². The third-order valence-corrected chi connectivity index (χ3v) is 18.7. The van der Waals surface area contributed by atoms with Gasteiger partial charge in [-0.05, 0) is 120 Å². The molecule has 0 saturated heterocycles. The molecule has 4 aromatic heterocycles. The van der Waals surface area contributed by atoms with Crippen LogP contribution in [0, 0.1) is 0 Å². The molecule has 5 heteroatoms. The van der Waals surface area contributed by atoms with Crippen molar-refractivity contribution >= 4 is 69.6 Å². The van der Waals surface area contributed by atoms with Gasteiger partial charge in [-0.3, -0.25) is 0 Å². The smallest absolute Gasteiger partial charge is 0.164 e. The standard InChI is InChI=1S/C76H44N4S/c1-3-17-45(18-4-1)50-41-51(46-19-5-2-6-20-46)43-52(42-50)75-78-73(77-74(79-75)49-37-38-57-56-23-9-13-30-64(56)76(65(57)44-49)62-28-11-7-21-54(62)55-22-8-12-29-63(55)76)48-35-33-47(34-36-48)53-25-15-27-60-61-39-40-68-70-69-59(26-16-32-67(69)81-68)58-24-10-14-31-66(58)80(71(53)60)72(61)70/h1-44H. The molecule has 4 nitrogen and oxygen atoms in total. The molecule has 81 heavy (non-hydrogen) atoms. The summed E-state index contributed by atoms with van der Waals surface area (Å²) >= 11 is 1.89. The van der Waals surface area contributed by atoms with Crippen molar-refractivity contribution in [2.75, 3.05) is 0 Å². The van der Waals surface area contributed by atoms with E-state index in [2.05, 4.69) is 271 Å². The maximum absolute atomic E-state index is 5.52. The Bertz CT molecular complexity index is 5160. The van der Waals surface area contributed by atoms with Gasteiger partial charge in [0.25, 0.3) is 0 Å². The van der Waals surface area contributed by atoms with Crippen molar-refractivity contribution < 1.29 is 0 Å². The number of nitrogens with zero attached hydrogens (tertiary/aromatic N) is 4. The number of hydrogen-bond donors (Lipinski definition) is 0. The zero-order valence-corrected chi connectivity index (χ0v) is 44.4. The van der Waals surface area contributed by atoms with E-state index in [1.807, 2.05) is 11.3 Å². The topological polar surface area (TPSA) is 43.1 Å². The summed E-state index contributed by atoms with van der Waals surface area (Å²) < 4.78 is 5.18. The summed E-state index contributed by atoms with van der Waals surface area (Å²) in [6.45, 7) is 0. The van der Waals surface area contributed by atoms with Gasteiger partial charge in [0.05, 0.1) is 22.0 Å². The Kier molecular flexibility index (Phi) is 9.28. The highest BCUT2D eigenvalue weighted by Gasteiger charge is 2.51. The summed E-state index contributed by atoms with van der Waals surface area (Å²) in [5.41, 5.74) is 22.8. The summed E-state index contributed by atoms with van der Waals surface area (Å²) in [4.78, 5) is 16.5. The van der Waals surface area contributed by atoms with E-state index < -0.39 is 5.41 Å². The Morgan fingerprint density at radius 2 is 0.753 bits per heavy atom. The van der Waals surface area contributed by atoms with Gasteiger partial charge in [-0.1, -0.05) is 224 Å². The Hall–Kier alpha value is -10.3. The second-order valence-electron chi connectivity index (χ2n) is 21.7. The number of para-hydroxylation sites is 2. The van der Waals surface area contributed by atoms with Crippen LogP contribution in [-0.2, 0) is 5.41 Å². The molecule has 2 aliphatic carbocycles. The largest absolute Gasteiger partial charge is 0.307 e. The van der Waals surface area contributed by atoms with Crippen LogP contribution in [0.2, 0.25) is 0 Å². The number of fused-ring (bicyclic) bond motifs is 16. The van der Waals surface area contributed by atoms with Crippen LogP contribution >= 0.6 is 11.3 Å². The normalized spacial score (nSPS) is 13.0. The molecule has 374 valence electrons. The van der Waals surface area contributed by atoms with Gasteiger partial charge in [-0.2, -0.15) is 0 Å². The van der Waals surface area contributed by atoms with Gasteiger partial charge in [0.1, 0.15) is 0 Å². The quantitative estimate of drug-likeness (QED) is 0.167. The molecule has 12 aromatic carbocycles. The van der Waals surface area contributed by atoms with Crippen LogP contribution in [0.3, 0.4) is 0 Å². The Labute approximate surface area is 470 Å². The third-order valence-electron chi connectivity index (χ3n) is 17.6. The van der Waals surface area contributed by atoms with Crippen molar-refractivity contribution in [1.82, 2.24) is 19.4 Å². The Balaban J connectivity index is 0.852. The molecule has 2 aliphatic rings. The molecule has 0 N–H and O–H groups in total. The molecule has 16 aromatic rings. The average Bonchev–Trinajstić information content (AvgIpc) is 4.41. The zero-order chi connectivity index (χ0) is 52.9. The van der Waals surface area contributed by atoms with Crippen LogP contribution in [0.15, 0.2) is 267 Å². The van der Waals surface area contributed by atoms with E-state index in [0.29, 0.717) is 17.5 Å². The van der Waals surface area contributed by atoms with Gasteiger partial charge in [0.2, 0.25) is 0 Å². The minimum absolute atomic E-state index is 0.515. The van der Waals surface area contributed by atoms with Gasteiger partial charge >= 0.3 is 0 Å². The zero-order valence-electron chi connectivity index (χ0n) is 43.6. The molecule has 4 heterocycles. The molecular weight excluding hydrogens is 1000 g/mol. The second kappa shape index (κ2) is 16.8. The van der Waals surface area contributed by atoms with Crippen LogP contribution in [0.25, 0.3) is 148 Å². The molecule has 0 unspecified atom stereocenters. The maximum atomic E-state index is 5.52.